The largest absolute Gasteiger partial charge is 0.348 e. The fraction of sp³-hybridized carbons (Fsp3) is 0.588. The van der Waals surface area contributed by atoms with Gasteiger partial charge in [0.25, 0.3) is 0 Å². The second-order valence-electron chi connectivity index (χ2n) is 5.90. The lowest BCUT2D eigenvalue weighted by Crippen LogP contribution is -2.20. The zero-order valence-corrected chi connectivity index (χ0v) is 13.7. The molecule has 2 heterocycles. The van der Waals surface area contributed by atoms with Gasteiger partial charge in [0.2, 0.25) is 0 Å². The molecule has 4 nitrogen and oxygen atoms in total. The first kappa shape index (κ1) is 15.8. The predicted octanol–water partition coefficient (Wildman–Crippen LogP) is 3.76. The molecule has 1 atom stereocenters. The highest BCUT2D eigenvalue weighted by molar-refractivity contribution is 5.16. The molecule has 2 aromatic heterocycles. The highest BCUT2D eigenvalue weighted by Gasteiger charge is 2.11. The Kier molecular flexibility index (Phi) is 5.62. The maximum absolute atomic E-state index is 4.61. The molecule has 0 aromatic carbocycles. The summed E-state index contributed by atoms with van der Waals surface area (Å²) in [6.07, 6.45) is 8.84. The summed E-state index contributed by atoms with van der Waals surface area (Å²) in [5.74, 6) is 0. The summed E-state index contributed by atoms with van der Waals surface area (Å²) in [7, 11) is 0. The van der Waals surface area contributed by atoms with E-state index in [1.807, 2.05) is 4.68 Å². The average Bonchev–Trinajstić information content (AvgIpc) is 3.08. The molecule has 0 saturated heterocycles. The number of rotatable bonds is 8. The highest BCUT2D eigenvalue weighted by atomic mass is 15.3. The maximum Gasteiger partial charge on any atom is 0.0821 e. The maximum atomic E-state index is 4.61. The van der Waals surface area contributed by atoms with E-state index < -0.39 is 0 Å². The Balaban J connectivity index is 2.04. The highest BCUT2D eigenvalue weighted by Crippen LogP contribution is 2.19. The fourth-order valence-electron chi connectivity index (χ4n) is 2.62. The van der Waals surface area contributed by atoms with Crippen molar-refractivity contribution in [3.63, 3.8) is 0 Å². The average molecular weight is 288 g/mol. The first-order valence-electron chi connectivity index (χ1n) is 8.07. The molecule has 1 unspecified atom stereocenters. The van der Waals surface area contributed by atoms with E-state index in [4.69, 9.17) is 0 Å². The molecular formula is C17H28N4. The molecule has 0 aliphatic rings. The van der Waals surface area contributed by atoms with Crippen molar-refractivity contribution < 1.29 is 0 Å². The number of hydrogen-bond donors (Lipinski definition) is 1. The van der Waals surface area contributed by atoms with E-state index in [0.29, 0.717) is 12.1 Å². The van der Waals surface area contributed by atoms with Crippen molar-refractivity contribution >= 4 is 0 Å². The topological polar surface area (TPSA) is 34.8 Å². The Morgan fingerprint density at radius 3 is 2.62 bits per heavy atom. The number of aromatic nitrogens is 3. The van der Waals surface area contributed by atoms with Crippen molar-refractivity contribution in [2.75, 3.05) is 6.54 Å². The first-order chi connectivity index (χ1) is 10.1. The van der Waals surface area contributed by atoms with Crippen LogP contribution in [0.25, 0.3) is 0 Å². The summed E-state index contributed by atoms with van der Waals surface area (Å²) in [4.78, 5) is 0. The lowest BCUT2D eigenvalue weighted by molar-refractivity contribution is 0.508. The van der Waals surface area contributed by atoms with Crippen LogP contribution in [0.5, 0.6) is 0 Å². The van der Waals surface area contributed by atoms with Gasteiger partial charge in [0, 0.05) is 30.7 Å². The van der Waals surface area contributed by atoms with Crippen LogP contribution >= 0.6 is 0 Å². The van der Waals surface area contributed by atoms with Gasteiger partial charge in [-0.05, 0) is 44.5 Å². The molecule has 0 saturated carbocycles. The Bertz CT molecular complexity index is 532. The standard InChI is InChI=1S/C17H28N4/c1-5-7-17(18-6-2)15-8-10-20(12-15)13-16-9-11-21(19-16)14(3)4/h8-12,14,17-18H,5-7,13H2,1-4H3. The van der Waals surface area contributed by atoms with E-state index in [0.717, 1.165) is 18.8 Å². The van der Waals surface area contributed by atoms with Gasteiger partial charge < -0.3 is 9.88 Å². The van der Waals surface area contributed by atoms with E-state index in [1.165, 1.54) is 18.4 Å². The van der Waals surface area contributed by atoms with Crippen molar-refractivity contribution in [3.05, 3.63) is 42.0 Å². The molecule has 0 fully saturated rings. The summed E-state index contributed by atoms with van der Waals surface area (Å²) in [6.45, 7) is 10.5. The smallest absolute Gasteiger partial charge is 0.0821 e. The summed E-state index contributed by atoms with van der Waals surface area (Å²) >= 11 is 0. The first-order valence-corrected chi connectivity index (χ1v) is 8.07. The Labute approximate surface area is 128 Å². The normalized spacial score (nSPS) is 13.0. The van der Waals surface area contributed by atoms with Gasteiger partial charge >= 0.3 is 0 Å². The predicted molar refractivity (Wildman–Crippen MR) is 87.5 cm³/mol. The molecular weight excluding hydrogens is 260 g/mol. The number of nitrogens with one attached hydrogen (secondary N) is 1. The van der Waals surface area contributed by atoms with Crippen LogP contribution in [-0.4, -0.2) is 20.9 Å². The van der Waals surface area contributed by atoms with Gasteiger partial charge in [-0.15, -0.1) is 0 Å². The molecule has 0 spiro atoms. The number of nitrogens with zero attached hydrogens (tertiary/aromatic N) is 3. The van der Waals surface area contributed by atoms with Crippen molar-refractivity contribution in [2.45, 2.75) is 59.2 Å². The van der Waals surface area contributed by atoms with Crippen LogP contribution in [0.1, 0.15) is 63.9 Å². The molecule has 2 rings (SSSR count). The second kappa shape index (κ2) is 7.46. The van der Waals surface area contributed by atoms with Gasteiger partial charge in [-0.25, -0.2) is 0 Å². The SMILES string of the molecule is CCCC(NCC)c1ccn(Cc2ccn(C(C)C)n2)c1. The van der Waals surface area contributed by atoms with Crippen molar-refractivity contribution in [2.24, 2.45) is 0 Å². The van der Waals surface area contributed by atoms with Crippen molar-refractivity contribution in [1.29, 1.82) is 0 Å². The minimum Gasteiger partial charge on any atom is -0.348 e. The van der Waals surface area contributed by atoms with Gasteiger partial charge in [-0.3, -0.25) is 4.68 Å². The fourth-order valence-corrected chi connectivity index (χ4v) is 2.62. The monoisotopic (exact) mass is 288 g/mol. The molecule has 0 aliphatic carbocycles. The van der Waals surface area contributed by atoms with Gasteiger partial charge in [-0.1, -0.05) is 20.3 Å². The van der Waals surface area contributed by atoms with Crippen LogP contribution in [0, 0.1) is 0 Å². The van der Waals surface area contributed by atoms with Gasteiger partial charge in [-0.2, -0.15) is 5.10 Å². The van der Waals surface area contributed by atoms with Gasteiger partial charge in [0.05, 0.1) is 12.2 Å². The van der Waals surface area contributed by atoms with E-state index in [2.05, 4.69) is 73.4 Å². The van der Waals surface area contributed by atoms with E-state index >= 15 is 0 Å². The Morgan fingerprint density at radius 2 is 2.00 bits per heavy atom. The molecule has 0 bridgehead atoms. The van der Waals surface area contributed by atoms with Crippen LogP contribution in [0.2, 0.25) is 0 Å². The Hall–Kier alpha value is -1.55. The van der Waals surface area contributed by atoms with Crippen molar-refractivity contribution in [1.82, 2.24) is 19.7 Å². The molecule has 21 heavy (non-hydrogen) atoms. The molecule has 0 aliphatic heterocycles. The third-order valence-corrected chi connectivity index (χ3v) is 3.74. The van der Waals surface area contributed by atoms with Crippen LogP contribution in [0.4, 0.5) is 0 Å². The lowest BCUT2D eigenvalue weighted by atomic mass is 10.1. The van der Waals surface area contributed by atoms with Gasteiger partial charge in [0.1, 0.15) is 0 Å². The lowest BCUT2D eigenvalue weighted by Gasteiger charge is -2.15. The zero-order chi connectivity index (χ0) is 15.2. The number of hydrogen-bond acceptors (Lipinski definition) is 2. The summed E-state index contributed by atoms with van der Waals surface area (Å²) in [6, 6.07) is 5.21. The quantitative estimate of drug-likeness (QED) is 0.802. The summed E-state index contributed by atoms with van der Waals surface area (Å²) in [5.41, 5.74) is 2.49. The minimum absolute atomic E-state index is 0.418. The molecule has 116 valence electrons. The summed E-state index contributed by atoms with van der Waals surface area (Å²) in [5, 5.41) is 8.18. The summed E-state index contributed by atoms with van der Waals surface area (Å²) < 4.78 is 4.24. The van der Waals surface area contributed by atoms with Crippen LogP contribution in [0.15, 0.2) is 30.7 Å². The van der Waals surface area contributed by atoms with Gasteiger partial charge in [0.15, 0.2) is 0 Å². The van der Waals surface area contributed by atoms with E-state index in [1.54, 1.807) is 0 Å². The minimum atomic E-state index is 0.418. The van der Waals surface area contributed by atoms with E-state index in [9.17, 15) is 0 Å². The molecule has 0 radical (unpaired) electrons. The third kappa shape index (κ3) is 4.21. The van der Waals surface area contributed by atoms with Crippen LogP contribution < -0.4 is 5.32 Å². The molecule has 0 amide bonds. The molecule has 2 aromatic rings. The third-order valence-electron chi connectivity index (χ3n) is 3.74. The Morgan fingerprint density at radius 1 is 1.19 bits per heavy atom. The molecule has 1 N–H and O–H groups in total. The zero-order valence-electron chi connectivity index (χ0n) is 13.7. The van der Waals surface area contributed by atoms with Crippen LogP contribution in [0.3, 0.4) is 0 Å². The molecule has 4 heteroatoms. The van der Waals surface area contributed by atoms with Crippen molar-refractivity contribution in [3.8, 4) is 0 Å². The van der Waals surface area contributed by atoms with E-state index in [-0.39, 0.29) is 0 Å². The van der Waals surface area contributed by atoms with Crippen LogP contribution in [-0.2, 0) is 6.54 Å². The second-order valence-corrected chi connectivity index (χ2v) is 5.90.